The first-order valence-corrected chi connectivity index (χ1v) is 9.51. The van der Waals surface area contributed by atoms with Gasteiger partial charge in [-0.3, -0.25) is 4.99 Å². The second-order valence-electron chi connectivity index (χ2n) is 5.94. The fourth-order valence-corrected chi connectivity index (χ4v) is 3.76. The van der Waals surface area contributed by atoms with Crippen LogP contribution in [0.25, 0.3) is 5.69 Å². The van der Waals surface area contributed by atoms with Crippen LogP contribution in [0.2, 0.25) is 0 Å². The molecule has 136 valence electrons. The quantitative estimate of drug-likeness (QED) is 0.398. The fourth-order valence-electron chi connectivity index (χ4n) is 2.97. The van der Waals surface area contributed by atoms with Crippen molar-refractivity contribution in [2.45, 2.75) is 37.1 Å². The summed E-state index contributed by atoms with van der Waals surface area (Å²) in [4.78, 5) is 8.31. The van der Waals surface area contributed by atoms with E-state index >= 15 is 0 Å². The maximum Gasteiger partial charge on any atom is 0.191 e. The molecule has 1 aliphatic rings. The second kappa shape index (κ2) is 10.0. The Labute approximate surface area is 170 Å². The molecule has 25 heavy (non-hydrogen) atoms. The third kappa shape index (κ3) is 5.60. The van der Waals surface area contributed by atoms with Crippen LogP contribution in [0.4, 0.5) is 0 Å². The number of aromatic nitrogens is 3. The molecular formula is C17H25IN6S. The van der Waals surface area contributed by atoms with Crippen molar-refractivity contribution < 1.29 is 0 Å². The van der Waals surface area contributed by atoms with Crippen LogP contribution in [-0.4, -0.2) is 45.3 Å². The molecule has 0 aliphatic heterocycles. The molecule has 1 aliphatic carbocycles. The molecule has 0 amide bonds. The molecule has 2 atom stereocenters. The lowest BCUT2D eigenvalue weighted by Gasteiger charge is -2.17. The van der Waals surface area contributed by atoms with Crippen LogP contribution in [0, 0.1) is 0 Å². The summed E-state index contributed by atoms with van der Waals surface area (Å²) in [5.74, 6) is 0.877. The van der Waals surface area contributed by atoms with Crippen molar-refractivity contribution in [3.05, 3.63) is 42.5 Å². The molecule has 1 fully saturated rings. The van der Waals surface area contributed by atoms with Crippen LogP contribution in [-0.2, 0) is 6.54 Å². The minimum atomic E-state index is 0. The molecule has 1 heterocycles. The number of thioether (sulfide) groups is 1. The minimum Gasteiger partial charge on any atom is -0.354 e. The van der Waals surface area contributed by atoms with Gasteiger partial charge in [-0.1, -0.05) is 12.1 Å². The van der Waals surface area contributed by atoms with Crippen LogP contribution >= 0.6 is 35.7 Å². The van der Waals surface area contributed by atoms with Crippen molar-refractivity contribution in [1.29, 1.82) is 0 Å². The lowest BCUT2D eigenvalue weighted by atomic mass is 10.2. The van der Waals surface area contributed by atoms with Gasteiger partial charge in [0, 0.05) is 24.9 Å². The zero-order valence-corrected chi connectivity index (χ0v) is 17.7. The summed E-state index contributed by atoms with van der Waals surface area (Å²) in [5, 5.41) is 11.8. The number of hydrogen-bond donors (Lipinski definition) is 2. The van der Waals surface area contributed by atoms with Crippen LogP contribution in [0.5, 0.6) is 0 Å². The number of hydrogen-bond acceptors (Lipinski definition) is 4. The van der Waals surface area contributed by atoms with E-state index in [1.54, 1.807) is 11.0 Å². The third-order valence-electron chi connectivity index (χ3n) is 4.36. The van der Waals surface area contributed by atoms with Gasteiger partial charge in [0.05, 0.1) is 5.69 Å². The van der Waals surface area contributed by atoms with Gasteiger partial charge in [-0.15, -0.1) is 24.0 Å². The summed E-state index contributed by atoms with van der Waals surface area (Å²) in [7, 11) is 1.82. The molecule has 2 unspecified atom stereocenters. The Morgan fingerprint density at radius 2 is 2.12 bits per heavy atom. The number of rotatable bonds is 5. The summed E-state index contributed by atoms with van der Waals surface area (Å²) < 4.78 is 1.75. The van der Waals surface area contributed by atoms with E-state index in [1.165, 1.54) is 31.2 Å². The number of guanidine groups is 1. The zero-order chi connectivity index (χ0) is 16.8. The number of nitrogens with zero attached hydrogens (tertiary/aromatic N) is 4. The molecule has 1 saturated carbocycles. The predicted octanol–water partition coefficient (Wildman–Crippen LogP) is 2.83. The molecule has 1 aromatic heterocycles. The van der Waals surface area contributed by atoms with Crippen LogP contribution < -0.4 is 10.6 Å². The highest BCUT2D eigenvalue weighted by Crippen LogP contribution is 2.27. The van der Waals surface area contributed by atoms with Crippen molar-refractivity contribution in [2.75, 3.05) is 13.3 Å². The fraction of sp³-hybridized carbons (Fsp3) is 0.471. The molecule has 0 saturated heterocycles. The van der Waals surface area contributed by atoms with E-state index in [0.29, 0.717) is 6.04 Å². The maximum absolute atomic E-state index is 4.34. The van der Waals surface area contributed by atoms with Gasteiger partial charge in [-0.25, -0.2) is 9.67 Å². The number of benzene rings is 1. The molecule has 1 aromatic carbocycles. The molecular weight excluding hydrogens is 447 g/mol. The van der Waals surface area contributed by atoms with E-state index in [2.05, 4.69) is 44.1 Å². The minimum absolute atomic E-state index is 0. The van der Waals surface area contributed by atoms with Crippen molar-refractivity contribution in [3.8, 4) is 5.69 Å². The largest absolute Gasteiger partial charge is 0.354 e. The van der Waals surface area contributed by atoms with Gasteiger partial charge in [-0.2, -0.15) is 16.9 Å². The van der Waals surface area contributed by atoms with Gasteiger partial charge in [0.1, 0.15) is 12.7 Å². The molecule has 0 radical (unpaired) electrons. The number of halogens is 1. The first-order chi connectivity index (χ1) is 11.8. The van der Waals surface area contributed by atoms with Gasteiger partial charge in [0.2, 0.25) is 0 Å². The molecule has 2 N–H and O–H groups in total. The molecule has 0 bridgehead atoms. The number of nitrogens with one attached hydrogen (secondary N) is 2. The standard InChI is InChI=1S/C17H24N6S.HI/c1-18-17(22-14-5-8-16(9-14)24-2)20-10-13-3-6-15(7-4-13)23-12-19-11-21-23;/h3-4,6-7,11-12,14,16H,5,8-10H2,1-2H3,(H2,18,20,22);1H. The summed E-state index contributed by atoms with van der Waals surface area (Å²) in [6, 6.07) is 8.81. The van der Waals surface area contributed by atoms with Gasteiger partial charge in [0.15, 0.2) is 5.96 Å². The summed E-state index contributed by atoms with van der Waals surface area (Å²) >= 11 is 1.97. The van der Waals surface area contributed by atoms with Crippen molar-refractivity contribution in [3.63, 3.8) is 0 Å². The van der Waals surface area contributed by atoms with E-state index in [0.717, 1.165) is 23.4 Å². The monoisotopic (exact) mass is 472 g/mol. The predicted molar refractivity (Wildman–Crippen MR) is 115 cm³/mol. The lowest BCUT2D eigenvalue weighted by Crippen LogP contribution is -2.42. The van der Waals surface area contributed by atoms with E-state index in [-0.39, 0.29) is 24.0 Å². The molecule has 6 nitrogen and oxygen atoms in total. The Kier molecular flexibility index (Phi) is 8.01. The molecule has 8 heteroatoms. The average Bonchev–Trinajstić information content (AvgIpc) is 3.30. The van der Waals surface area contributed by atoms with Crippen LogP contribution in [0.15, 0.2) is 41.9 Å². The average molecular weight is 472 g/mol. The molecule has 0 spiro atoms. The van der Waals surface area contributed by atoms with E-state index in [4.69, 9.17) is 0 Å². The van der Waals surface area contributed by atoms with Crippen molar-refractivity contribution in [1.82, 2.24) is 25.4 Å². The second-order valence-corrected chi connectivity index (χ2v) is 7.08. The van der Waals surface area contributed by atoms with Crippen LogP contribution in [0.1, 0.15) is 24.8 Å². The maximum atomic E-state index is 4.34. The Morgan fingerprint density at radius 1 is 1.32 bits per heavy atom. The van der Waals surface area contributed by atoms with Gasteiger partial charge >= 0.3 is 0 Å². The highest BCUT2D eigenvalue weighted by Gasteiger charge is 2.24. The Morgan fingerprint density at radius 3 is 2.72 bits per heavy atom. The smallest absolute Gasteiger partial charge is 0.191 e. The summed E-state index contributed by atoms with van der Waals surface area (Å²) in [6.45, 7) is 0.746. The van der Waals surface area contributed by atoms with Crippen molar-refractivity contribution >= 4 is 41.7 Å². The van der Waals surface area contributed by atoms with E-state index < -0.39 is 0 Å². The van der Waals surface area contributed by atoms with Crippen molar-refractivity contribution in [2.24, 2.45) is 4.99 Å². The van der Waals surface area contributed by atoms with E-state index in [1.807, 2.05) is 30.9 Å². The summed E-state index contributed by atoms with van der Waals surface area (Å²) in [6.07, 6.45) is 9.16. The SMILES string of the molecule is CN=C(NCc1ccc(-n2cncn2)cc1)NC1CCC(SC)C1.I. The molecule has 2 aromatic rings. The highest BCUT2D eigenvalue weighted by atomic mass is 127. The van der Waals surface area contributed by atoms with Gasteiger partial charge in [-0.05, 0) is 43.2 Å². The van der Waals surface area contributed by atoms with Gasteiger partial charge in [0.25, 0.3) is 0 Å². The molecule has 3 rings (SSSR count). The summed E-state index contributed by atoms with van der Waals surface area (Å²) in [5.41, 5.74) is 2.21. The first kappa shape index (κ1) is 20.0. The lowest BCUT2D eigenvalue weighted by molar-refractivity contribution is 0.614. The Bertz CT molecular complexity index is 658. The first-order valence-electron chi connectivity index (χ1n) is 8.22. The normalized spacial score (nSPS) is 20.2. The topological polar surface area (TPSA) is 67.1 Å². The highest BCUT2D eigenvalue weighted by molar-refractivity contribution is 14.0. The van der Waals surface area contributed by atoms with E-state index in [9.17, 15) is 0 Å². The third-order valence-corrected chi connectivity index (χ3v) is 5.46. The Hall–Kier alpha value is -1.29. The zero-order valence-electron chi connectivity index (χ0n) is 14.6. The van der Waals surface area contributed by atoms with Gasteiger partial charge < -0.3 is 10.6 Å². The number of aliphatic imine (C=N–C) groups is 1. The van der Waals surface area contributed by atoms with Crippen LogP contribution in [0.3, 0.4) is 0 Å². The Balaban J connectivity index is 0.00000225.